The molecule has 21 heavy (non-hydrogen) atoms. The number of aryl methyl sites for hydroxylation is 1. The molecule has 0 aliphatic carbocycles. The van der Waals surface area contributed by atoms with Gasteiger partial charge in [-0.2, -0.15) is 0 Å². The summed E-state index contributed by atoms with van der Waals surface area (Å²) in [5.41, 5.74) is 9.23. The number of rotatable bonds is 5. The molecule has 2 rings (SSSR count). The first-order chi connectivity index (χ1) is 10.1. The van der Waals surface area contributed by atoms with E-state index in [0.29, 0.717) is 23.6 Å². The minimum absolute atomic E-state index is 0.280. The molecule has 112 valence electrons. The van der Waals surface area contributed by atoms with E-state index in [1.54, 1.807) is 17.6 Å². The Morgan fingerprint density at radius 3 is 2.71 bits per heavy atom. The molecule has 0 aliphatic rings. The number of nitrogen functional groups attached to an aromatic ring is 1. The number of hydrogen-bond donors (Lipinski definition) is 2. The molecule has 1 aromatic heterocycles. The van der Waals surface area contributed by atoms with Crippen molar-refractivity contribution in [2.75, 3.05) is 20.0 Å². The second-order valence-corrected chi connectivity index (χ2v) is 5.27. The van der Waals surface area contributed by atoms with Crippen molar-refractivity contribution in [3.8, 4) is 11.5 Å². The van der Waals surface area contributed by atoms with Crippen LogP contribution >= 0.6 is 11.3 Å². The highest BCUT2D eigenvalue weighted by Crippen LogP contribution is 2.31. The van der Waals surface area contributed by atoms with Crippen molar-refractivity contribution >= 4 is 22.9 Å². The molecule has 1 heterocycles. The summed E-state index contributed by atoms with van der Waals surface area (Å²) in [4.78, 5) is 17.4. The van der Waals surface area contributed by atoms with Crippen LogP contribution in [0.3, 0.4) is 0 Å². The van der Waals surface area contributed by atoms with Crippen LogP contribution in [0.4, 0.5) is 5.69 Å². The van der Waals surface area contributed by atoms with Gasteiger partial charge in [-0.25, -0.2) is 4.98 Å². The Bertz CT molecular complexity index is 655. The zero-order chi connectivity index (χ0) is 15.4. The molecule has 0 bridgehead atoms. The van der Waals surface area contributed by atoms with Crippen molar-refractivity contribution < 1.29 is 14.3 Å². The number of ether oxygens (including phenoxy) is 2. The van der Waals surface area contributed by atoms with Crippen LogP contribution in [-0.2, 0) is 6.54 Å². The Labute approximate surface area is 126 Å². The second-order valence-electron chi connectivity index (χ2n) is 4.33. The summed E-state index contributed by atoms with van der Waals surface area (Å²) in [6, 6.07) is 3.23. The number of amides is 1. The molecule has 1 aromatic carbocycles. The molecule has 0 atom stereocenters. The quantitative estimate of drug-likeness (QED) is 0.825. The van der Waals surface area contributed by atoms with Crippen LogP contribution in [0, 0.1) is 6.92 Å². The predicted molar refractivity (Wildman–Crippen MR) is 82.0 cm³/mol. The number of nitrogens with two attached hydrogens (primary N) is 1. The highest BCUT2D eigenvalue weighted by Gasteiger charge is 2.16. The summed E-state index contributed by atoms with van der Waals surface area (Å²) in [6.45, 7) is 2.31. The smallest absolute Gasteiger partial charge is 0.253 e. The lowest BCUT2D eigenvalue weighted by atomic mass is 10.1. The molecule has 3 N–H and O–H groups in total. The van der Waals surface area contributed by atoms with E-state index in [1.807, 2.05) is 6.92 Å². The standard InChI is InChI=1S/C14H17N3O3S/c1-8-12(21-7-17-8)6-16-14(18)10-4-9(19-2)5-11(20-3)13(10)15/h4-5,7H,6,15H2,1-3H3,(H,16,18). The number of hydrogen-bond acceptors (Lipinski definition) is 6. The summed E-state index contributed by atoms with van der Waals surface area (Å²) >= 11 is 1.50. The summed E-state index contributed by atoms with van der Waals surface area (Å²) in [5, 5.41) is 2.83. The highest BCUT2D eigenvalue weighted by atomic mass is 32.1. The Balaban J connectivity index is 2.20. The maximum absolute atomic E-state index is 12.3. The third-order valence-corrected chi connectivity index (χ3v) is 4.01. The molecule has 2 aromatic rings. The Morgan fingerprint density at radius 1 is 1.38 bits per heavy atom. The minimum Gasteiger partial charge on any atom is -0.497 e. The third kappa shape index (κ3) is 3.25. The number of carbonyl (C=O) groups is 1. The number of methoxy groups -OCH3 is 2. The van der Waals surface area contributed by atoms with Crippen molar-refractivity contribution in [1.82, 2.24) is 10.3 Å². The van der Waals surface area contributed by atoms with Crippen molar-refractivity contribution in [3.05, 3.63) is 33.8 Å². The second kappa shape index (κ2) is 6.45. The lowest BCUT2D eigenvalue weighted by Gasteiger charge is -2.12. The fourth-order valence-corrected chi connectivity index (χ4v) is 2.54. The number of carbonyl (C=O) groups excluding carboxylic acids is 1. The molecule has 6 nitrogen and oxygen atoms in total. The van der Waals surface area contributed by atoms with Gasteiger partial charge in [-0.1, -0.05) is 0 Å². The summed E-state index contributed by atoms with van der Waals surface area (Å²) in [7, 11) is 3.01. The predicted octanol–water partition coefficient (Wildman–Crippen LogP) is 1.98. The molecular formula is C14H17N3O3S. The van der Waals surface area contributed by atoms with Gasteiger partial charge in [0.15, 0.2) is 0 Å². The Hall–Kier alpha value is -2.28. The number of thiazole rings is 1. The van der Waals surface area contributed by atoms with Crippen LogP contribution in [0.5, 0.6) is 11.5 Å². The van der Waals surface area contributed by atoms with Crippen molar-refractivity contribution in [2.24, 2.45) is 0 Å². The molecule has 0 radical (unpaired) electrons. The number of nitrogens with one attached hydrogen (secondary N) is 1. The number of nitrogens with zero attached hydrogens (tertiary/aromatic N) is 1. The average Bonchev–Trinajstić information content (AvgIpc) is 2.90. The number of aromatic nitrogens is 1. The molecule has 7 heteroatoms. The third-order valence-electron chi connectivity index (χ3n) is 3.07. The fourth-order valence-electron chi connectivity index (χ4n) is 1.83. The monoisotopic (exact) mass is 307 g/mol. The van der Waals surface area contributed by atoms with E-state index in [2.05, 4.69) is 10.3 Å². The van der Waals surface area contributed by atoms with Gasteiger partial charge in [0.1, 0.15) is 11.5 Å². The first-order valence-electron chi connectivity index (χ1n) is 6.25. The lowest BCUT2D eigenvalue weighted by Crippen LogP contribution is -2.24. The van der Waals surface area contributed by atoms with E-state index in [-0.39, 0.29) is 11.6 Å². The number of anilines is 1. The largest absolute Gasteiger partial charge is 0.497 e. The highest BCUT2D eigenvalue weighted by molar-refractivity contribution is 7.09. The van der Waals surface area contributed by atoms with E-state index in [1.165, 1.54) is 25.6 Å². The van der Waals surface area contributed by atoms with Gasteiger partial charge >= 0.3 is 0 Å². The lowest BCUT2D eigenvalue weighted by molar-refractivity contribution is 0.0951. The van der Waals surface area contributed by atoms with Gasteiger partial charge in [-0.05, 0) is 13.0 Å². The van der Waals surface area contributed by atoms with E-state index >= 15 is 0 Å². The SMILES string of the molecule is COc1cc(OC)c(N)c(C(=O)NCc2scnc2C)c1. The zero-order valence-corrected chi connectivity index (χ0v) is 12.9. The van der Waals surface area contributed by atoms with Gasteiger partial charge in [0, 0.05) is 10.9 Å². The Morgan fingerprint density at radius 2 is 2.14 bits per heavy atom. The zero-order valence-electron chi connectivity index (χ0n) is 12.1. The van der Waals surface area contributed by atoms with Gasteiger partial charge in [-0.15, -0.1) is 11.3 Å². The van der Waals surface area contributed by atoms with Crippen LogP contribution in [0.1, 0.15) is 20.9 Å². The van der Waals surface area contributed by atoms with Crippen molar-refractivity contribution in [3.63, 3.8) is 0 Å². The van der Waals surface area contributed by atoms with Crippen LogP contribution in [0.25, 0.3) is 0 Å². The van der Waals surface area contributed by atoms with Crippen LogP contribution in [0.2, 0.25) is 0 Å². The van der Waals surface area contributed by atoms with E-state index in [4.69, 9.17) is 15.2 Å². The van der Waals surface area contributed by atoms with Gasteiger partial charge in [0.05, 0.1) is 43.2 Å². The molecular weight excluding hydrogens is 290 g/mol. The molecule has 0 saturated carbocycles. The van der Waals surface area contributed by atoms with Crippen molar-refractivity contribution in [2.45, 2.75) is 13.5 Å². The molecule has 0 fully saturated rings. The molecule has 0 spiro atoms. The maximum Gasteiger partial charge on any atom is 0.253 e. The molecule has 0 aliphatic heterocycles. The first-order valence-corrected chi connectivity index (χ1v) is 7.13. The summed E-state index contributed by atoms with van der Waals surface area (Å²) < 4.78 is 10.3. The summed E-state index contributed by atoms with van der Waals surface area (Å²) in [5.74, 6) is 0.645. The molecule has 0 unspecified atom stereocenters. The normalized spacial score (nSPS) is 10.2. The van der Waals surface area contributed by atoms with Crippen LogP contribution in [0.15, 0.2) is 17.6 Å². The van der Waals surface area contributed by atoms with Crippen molar-refractivity contribution in [1.29, 1.82) is 0 Å². The van der Waals surface area contributed by atoms with E-state index < -0.39 is 0 Å². The van der Waals surface area contributed by atoms with E-state index in [0.717, 1.165) is 10.6 Å². The van der Waals surface area contributed by atoms with Gasteiger partial charge in [0.2, 0.25) is 0 Å². The Kier molecular flexibility index (Phi) is 4.64. The topological polar surface area (TPSA) is 86.5 Å². The van der Waals surface area contributed by atoms with Crippen LogP contribution < -0.4 is 20.5 Å². The first kappa shape index (κ1) is 15.1. The van der Waals surface area contributed by atoms with Gasteiger partial charge < -0.3 is 20.5 Å². The molecule has 0 saturated heterocycles. The fraction of sp³-hybridized carbons (Fsp3) is 0.286. The summed E-state index contributed by atoms with van der Waals surface area (Å²) in [6.07, 6.45) is 0. The van der Waals surface area contributed by atoms with Gasteiger partial charge in [-0.3, -0.25) is 4.79 Å². The maximum atomic E-state index is 12.3. The molecule has 1 amide bonds. The van der Waals surface area contributed by atoms with E-state index in [9.17, 15) is 4.79 Å². The average molecular weight is 307 g/mol. The number of benzene rings is 1. The minimum atomic E-state index is -0.280. The van der Waals surface area contributed by atoms with Crippen LogP contribution in [-0.4, -0.2) is 25.1 Å². The van der Waals surface area contributed by atoms with Gasteiger partial charge in [0.25, 0.3) is 5.91 Å².